The third-order valence-corrected chi connectivity index (χ3v) is 2.89. The second kappa shape index (κ2) is 7.09. The second-order valence-corrected chi connectivity index (χ2v) is 4.49. The van der Waals surface area contributed by atoms with Gasteiger partial charge in [-0.05, 0) is 18.9 Å². The molecule has 1 aliphatic heterocycles. The molecule has 1 heterocycles. The number of benzene rings is 1. The summed E-state index contributed by atoms with van der Waals surface area (Å²) in [7, 11) is 0. The summed E-state index contributed by atoms with van der Waals surface area (Å²) in [5, 5.41) is 10.7. The van der Waals surface area contributed by atoms with E-state index in [1.165, 1.54) is 0 Å². The molecule has 1 aromatic rings. The summed E-state index contributed by atoms with van der Waals surface area (Å²) in [4.78, 5) is 21.5. The predicted octanol–water partition coefficient (Wildman–Crippen LogP) is 1.83. The zero-order valence-corrected chi connectivity index (χ0v) is 11.1. The molecule has 0 amide bonds. The van der Waals surface area contributed by atoms with Gasteiger partial charge in [0.2, 0.25) is 5.75 Å². The topological polar surface area (TPSA) is 87.9 Å². The van der Waals surface area contributed by atoms with Gasteiger partial charge < -0.3 is 14.2 Å². The van der Waals surface area contributed by atoms with Gasteiger partial charge in [0.15, 0.2) is 0 Å². The Morgan fingerprint density at radius 2 is 2.33 bits per heavy atom. The molecule has 8 heteroatoms. The molecule has 0 N–H and O–H groups in total. The summed E-state index contributed by atoms with van der Waals surface area (Å²) in [5.74, 6) is -2.00. The quantitative estimate of drug-likeness (QED) is 0.345. The van der Waals surface area contributed by atoms with Crippen molar-refractivity contribution in [2.24, 2.45) is 0 Å². The lowest BCUT2D eigenvalue weighted by molar-refractivity contribution is -0.385. The predicted molar refractivity (Wildman–Crippen MR) is 68.5 cm³/mol. The number of carbonyl (C=O) groups excluding carboxylic acids is 1. The van der Waals surface area contributed by atoms with E-state index in [1.54, 1.807) is 0 Å². The number of nitro benzene ring substituents is 1. The number of halogens is 1. The normalized spacial score (nSPS) is 17.7. The van der Waals surface area contributed by atoms with Crippen LogP contribution in [0, 0.1) is 15.9 Å². The molecule has 1 fully saturated rings. The first-order chi connectivity index (χ1) is 10.1. The third kappa shape index (κ3) is 4.47. The first-order valence-electron chi connectivity index (χ1n) is 6.40. The Bertz CT molecular complexity index is 529. The maximum Gasteiger partial charge on any atom is 0.337 e. The van der Waals surface area contributed by atoms with E-state index in [0.29, 0.717) is 6.61 Å². The molecule has 2 rings (SSSR count). The molecule has 1 atom stereocenters. The van der Waals surface area contributed by atoms with Crippen molar-refractivity contribution in [3.05, 3.63) is 34.1 Å². The van der Waals surface area contributed by atoms with Crippen molar-refractivity contribution >= 4 is 11.7 Å². The van der Waals surface area contributed by atoms with Gasteiger partial charge in [0.05, 0.1) is 17.6 Å². The molecule has 21 heavy (non-hydrogen) atoms. The number of carbonyl (C=O) groups is 1. The highest BCUT2D eigenvalue weighted by Crippen LogP contribution is 2.27. The van der Waals surface area contributed by atoms with Crippen LogP contribution in [0.25, 0.3) is 0 Å². The molecular formula is C13H14FNO6. The molecule has 114 valence electrons. The summed E-state index contributed by atoms with van der Waals surface area (Å²) >= 11 is 0. The average Bonchev–Trinajstić information content (AvgIpc) is 2.91. The van der Waals surface area contributed by atoms with Crippen molar-refractivity contribution in [2.45, 2.75) is 18.9 Å². The van der Waals surface area contributed by atoms with Crippen LogP contribution >= 0.6 is 0 Å². The van der Waals surface area contributed by atoms with Crippen LogP contribution in [0.3, 0.4) is 0 Å². The molecule has 1 aliphatic rings. The highest BCUT2D eigenvalue weighted by molar-refractivity contribution is 5.75. The maximum atomic E-state index is 13.1. The molecule has 1 aromatic carbocycles. The lowest BCUT2D eigenvalue weighted by Crippen LogP contribution is -2.21. The molecule has 1 unspecified atom stereocenters. The Morgan fingerprint density at radius 3 is 3.00 bits per heavy atom. The van der Waals surface area contributed by atoms with E-state index in [2.05, 4.69) is 0 Å². The van der Waals surface area contributed by atoms with Gasteiger partial charge in [-0.2, -0.15) is 0 Å². The van der Waals surface area contributed by atoms with Crippen LogP contribution < -0.4 is 4.74 Å². The Balaban J connectivity index is 1.86. The van der Waals surface area contributed by atoms with E-state index in [0.717, 1.165) is 31.0 Å². The van der Waals surface area contributed by atoms with Crippen LogP contribution in [0.5, 0.6) is 5.75 Å². The molecule has 0 aliphatic carbocycles. The Kier molecular flexibility index (Phi) is 5.18. The van der Waals surface area contributed by atoms with E-state index in [4.69, 9.17) is 14.2 Å². The highest BCUT2D eigenvalue weighted by Gasteiger charge is 2.20. The van der Waals surface area contributed by atoms with Crippen LogP contribution in [-0.4, -0.2) is 36.8 Å². The monoisotopic (exact) mass is 299 g/mol. The first-order valence-corrected chi connectivity index (χ1v) is 6.40. The van der Waals surface area contributed by atoms with Gasteiger partial charge in [-0.25, -0.2) is 9.18 Å². The van der Waals surface area contributed by atoms with Crippen molar-refractivity contribution in [1.82, 2.24) is 0 Å². The molecule has 1 saturated heterocycles. The van der Waals surface area contributed by atoms with E-state index >= 15 is 0 Å². The van der Waals surface area contributed by atoms with Crippen LogP contribution in [0.2, 0.25) is 0 Å². The molecule has 0 bridgehead atoms. The first kappa shape index (κ1) is 15.3. The fourth-order valence-corrected chi connectivity index (χ4v) is 1.92. The Hall–Kier alpha value is -2.06. The number of hydrogen-bond donors (Lipinski definition) is 0. The zero-order valence-electron chi connectivity index (χ0n) is 11.1. The minimum atomic E-state index is -0.832. The molecule has 7 nitrogen and oxygen atoms in total. The summed E-state index contributed by atoms with van der Waals surface area (Å²) in [6, 6.07) is 2.64. The molecule has 0 saturated carbocycles. The number of nitrogens with zero attached hydrogens (tertiary/aromatic N) is 1. The maximum absolute atomic E-state index is 13.1. The number of hydrogen-bond acceptors (Lipinski definition) is 6. The number of esters is 1. The van der Waals surface area contributed by atoms with Crippen molar-refractivity contribution in [3.63, 3.8) is 0 Å². The second-order valence-electron chi connectivity index (χ2n) is 4.49. The molecule has 0 radical (unpaired) electrons. The largest absolute Gasteiger partial charge is 0.417 e. The van der Waals surface area contributed by atoms with Crippen LogP contribution in [0.4, 0.5) is 10.1 Å². The summed E-state index contributed by atoms with van der Waals surface area (Å²) < 4.78 is 28.2. The van der Waals surface area contributed by atoms with Crippen LogP contribution in [0.15, 0.2) is 18.2 Å². The van der Waals surface area contributed by atoms with E-state index in [-0.39, 0.29) is 19.3 Å². The van der Waals surface area contributed by atoms with E-state index in [1.807, 2.05) is 0 Å². The van der Waals surface area contributed by atoms with Gasteiger partial charge in [-0.15, -0.1) is 0 Å². The van der Waals surface area contributed by atoms with Gasteiger partial charge in [0, 0.05) is 18.7 Å². The Morgan fingerprint density at radius 1 is 1.52 bits per heavy atom. The SMILES string of the molecule is O=C(COCC1CCCO1)Oc1cc(F)ccc1[N+](=O)[O-]. The van der Waals surface area contributed by atoms with Crippen molar-refractivity contribution < 1.29 is 28.3 Å². The lowest BCUT2D eigenvalue weighted by Gasteiger charge is -2.09. The van der Waals surface area contributed by atoms with E-state index in [9.17, 15) is 19.3 Å². The van der Waals surface area contributed by atoms with Gasteiger partial charge in [-0.3, -0.25) is 10.1 Å². The molecular weight excluding hydrogens is 285 g/mol. The van der Waals surface area contributed by atoms with Gasteiger partial charge in [0.1, 0.15) is 12.4 Å². The number of nitro groups is 1. The third-order valence-electron chi connectivity index (χ3n) is 2.89. The number of rotatable bonds is 6. The van der Waals surface area contributed by atoms with Gasteiger partial charge in [-0.1, -0.05) is 0 Å². The minimum absolute atomic E-state index is 0.0405. The zero-order chi connectivity index (χ0) is 15.2. The van der Waals surface area contributed by atoms with Crippen molar-refractivity contribution in [1.29, 1.82) is 0 Å². The fraction of sp³-hybridized carbons (Fsp3) is 0.462. The van der Waals surface area contributed by atoms with Crippen molar-refractivity contribution in [3.8, 4) is 5.75 Å². The molecule has 0 spiro atoms. The summed E-state index contributed by atoms with van der Waals surface area (Å²) in [6.45, 7) is 0.543. The fourth-order valence-electron chi connectivity index (χ4n) is 1.92. The summed E-state index contributed by atoms with van der Waals surface area (Å²) in [6.07, 6.45) is 1.78. The van der Waals surface area contributed by atoms with Crippen LogP contribution in [-0.2, 0) is 14.3 Å². The lowest BCUT2D eigenvalue weighted by atomic mass is 10.2. The molecule has 0 aromatic heterocycles. The Labute approximate surface area is 119 Å². The highest BCUT2D eigenvalue weighted by atomic mass is 19.1. The summed E-state index contributed by atoms with van der Waals surface area (Å²) in [5.41, 5.74) is -0.483. The minimum Gasteiger partial charge on any atom is -0.417 e. The van der Waals surface area contributed by atoms with Gasteiger partial charge in [0.25, 0.3) is 0 Å². The van der Waals surface area contributed by atoms with Crippen molar-refractivity contribution in [2.75, 3.05) is 19.8 Å². The van der Waals surface area contributed by atoms with E-state index < -0.39 is 28.1 Å². The standard InChI is InChI=1S/C13H14FNO6/c14-9-3-4-11(15(17)18)12(6-9)21-13(16)8-19-7-10-2-1-5-20-10/h3-4,6,10H,1-2,5,7-8H2. The number of ether oxygens (including phenoxy) is 3. The van der Waals surface area contributed by atoms with Gasteiger partial charge >= 0.3 is 11.7 Å². The average molecular weight is 299 g/mol. The smallest absolute Gasteiger partial charge is 0.337 e. The van der Waals surface area contributed by atoms with Crippen LogP contribution in [0.1, 0.15) is 12.8 Å².